The van der Waals surface area contributed by atoms with Gasteiger partial charge in [0.05, 0.1) is 5.69 Å². The minimum Gasteiger partial charge on any atom is -0.455 e. The number of hydrogen-bond acceptors (Lipinski definition) is 2. The molecule has 2 atom stereocenters. The first-order valence-electron chi connectivity index (χ1n) is 17.8. The molecule has 51 heavy (non-hydrogen) atoms. The van der Waals surface area contributed by atoms with Crippen molar-refractivity contribution in [3.63, 3.8) is 0 Å². The highest BCUT2D eigenvalue weighted by Gasteiger charge is 2.42. The van der Waals surface area contributed by atoms with Crippen molar-refractivity contribution in [2.24, 2.45) is 0 Å². The summed E-state index contributed by atoms with van der Waals surface area (Å²) in [5, 5.41) is 0. The van der Waals surface area contributed by atoms with Crippen LogP contribution in [0.25, 0.3) is 22.3 Å². The molecule has 0 spiro atoms. The summed E-state index contributed by atoms with van der Waals surface area (Å²) in [5.41, 5.74) is 11.6. The van der Waals surface area contributed by atoms with Gasteiger partial charge in [0, 0.05) is 16.8 Å². The van der Waals surface area contributed by atoms with Crippen molar-refractivity contribution in [3.05, 3.63) is 211 Å². The minimum absolute atomic E-state index is 0.218. The van der Waals surface area contributed by atoms with E-state index in [2.05, 4.69) is 183 Å². The van der Waals surface area contributed by atoms with Crippen molar-refractivity contribution < 1.29 is 4.74 Å². The molecule has 0 radical (unpaired) electrons. The first kappa shape index (κ1) is 32.1. The lowest BCUT2D eigenvalue weighted by atomic mass is 9.74. The Morgan fingerprint density at radius 2 is 1.12 bits per heavy atom. The predicted octanol–water partition coefficient (Wildman–Crippen LogP) is 13.7. The first-order chi connectivity index (χ1) is 25.1. The molecule has 7 aromatic rings. The fourth-order valence-corrected chi connectivity index (χ4v) is 7.82. The highest BCUT2D eigenvalue weighted by molar-refractivity contribution is 5.84. The van der Waals surface area contributed by atoms with Crippen molar-refractivity contribution in [2.45, 2.75) is 31.6 Å². The van der Waals surface area contributed by atoms with Crippen LogP contribution >= 0.6 is 0 Å². The number of nitrogens with zero attached hydrogens (tertiary/aromatic N) is 1. The van der Waals surface area contributed by atoms with Crippen LogP contribution in [0, 0.1) is 0 Å². The summed E-state index contributed by atoms with van der Waals surface area (Å²) < 4.78 is 6.79. The van der Waals surface area contributed by atoms with Crippen LogP contribution in [0.15, 0.2) is 194 Å². The van der Waals surface area contributed by atoms with Crippen molar-refractivity contribution >= 4 is 17.1 Å². The zero-order chi connectivity index (χ0) is 34.6. The Kier molecular flexibility index (Phi) is 8.82. The lowest BCUT2D eigenvalue weighted by molar-refractivity contribution is 0.484. The maximum absolute atomic E-state index is 6.79. The zero-order valence-electron chi connectivity index (χ0n) is 29.1. The second-order valence-electron chi connectivity index (χ2n) is 13.4. The average Bonchev–Trinajstić information content (AvgIpc) is 3.48. The topological polar surface area (TPSA) is 12.5 Å². The molecule has 8 rings (SSSR count). The molecule has 2 heteroatoms. The number of allylic oxidation sites excluding steroid dienone is 2. The molecular formula is C49H41NO. The van der Waals surface area contributed by atoms with Crippen molar-refractivity contribution in [1.29, 1.82) is 0 Å². The number of ether oxygens (including phenoxy) is 1. The van der Waals surface area contributed by atoms with Gasteiger partial charge < -0.3 is 9.64 Å². The van der Waals surface area contributed by atoms with Gasteiger partial charge in [0.2, 0.25) is 0 Å². The summed E-state index contributed by atoms with van der Waals surface area (Å²) in [4.78, 5) is 2.36. The van der Waals surface area contributed by atoms with E-state index in [1.807, 2.05) is 30.3 Å². The van der Waals surface area contributed by atoms with Gasteiger partial charge in [-0.2, -0.15) is 0 Å². The second-order valence-corrected chi connectivity index (χ2v) is 13.4. The Balaban J connectivity index is 1.34. The number of para-hydroxylation sites is 1. The van der Waals surface area contributed by atoms with Gasteiger partial charge in [0.15, 0.2) is 5.75 Å². The van der Waals surface area contributed by atoms with Crippen LogP contribution < -0.4 is 9.64 Å². The lowest BCUT2D eigenvalue weighted by Gasteiger charge is -2.31. The van der Waals surface area contributed by atoms with E-state index in [1.165, 1.54) is 27.8 Å². The summed E-state index contributed by atoms with van der Waals surface area (Å²) in [6, 6.07) is 64.7. The van der Waals surface area contributed by atoms with Crippen LogP contribution in [0.3, 0.4) is 0 Å². The molecular weight excluding hydrogens is 619 g/mol. The smallest absolute Gasteiger partial charge is 0.152 e. The van der Waals surface area contributed by atoms with Crippen LogP contribution in [0.1, 0.15) is 42.9 Å². The molecule has 1 aliphatic rings. The van der Waals surface area contributed by atoms with Crippen LogP contribution in [0.2, 0.25) is 0 Å². The van der Waals surface area contributed by atoms with E-state index < -0.39 is 0 Å². The summed E-state index contributed by atoms with van der Waals surface area (Å²) in [5.74, 6) is 2.00. The molecule has 0 saturated carbocycles. The number of rotatable bonds is 9. The van der Waals surface area contributed by atoms with E-state index >= 15 is 0 Å². The lowest BCUT2D eigenvalue weighted by Crippen LogP contribution is -2.22. The monoisotopic (exact) mass is 659 g/mol. The summed E-state index contributed by atoms with van der Waals surface area (Å²) in [6.07, 6.45) is 5.65. The SMILES string of the molecule is CC=CC1(c2ccccc2)CC(C)c2ccc(N(c3ccc(-c4ccccc4)cc3)c3ccc(-c4ccccc4)cc3Oc3ccccc3)cc21. The molecule has 2 nitrogen and oxygen atoms in total. The summed E-state index contributed by atoms with van der Waals surface area (Å²) >= 11 is 0. The minimum atomic E-state index is -0.218. The number of anilines is 3. The highest BCUT2D eigenvalue weighted by Crippen LogP contribution is 2.53. The predicted molar refractivity (Wildman–Crippen MR) is 214 cm³/mol. The Hall–Kier alpha value is -6.12. The van der Waals surface area contributed by atoms with Crippen LogP contribution in [-0.2, 0) is 5.41 Å². The third kappa shape index (κ3) is 6.26. The van der Waals surface area contributed by atoms with E-state index in [1.54, 1.807) is 0 Å². The van der Waals surface area contributed by atoms with Gasteiger partial charge in [-0.1, -0.05) is 153 Å². The molecule has 2 unspecified atom stereocenters. The van der Waals surface area contributed by atoms with Crippen LogP contribution in [0.4, 0.5) is 17.1 Å². The Labute approximate surface area is 302 Å². The molecule has 0 aliphatic heterocycles. The van der Waals surface area contributed by atoms with E-state index in [-0.39, 0.29) is 5.41 Å². The van der Waals surface area contributed by atoms with E-state index in [4.69, 9.17) is 4.74 Å². The fraction of sp³-hybridized carbons (Fsp3) is 0.102. The van der Waals surface area contributed by atoms with Gasteiger partial charge >= 0.3 is 0 Å². The van der Waals surface area contributed by atoms with Crippen molar-refractivity contribution in [2.75, 3.05) is 4.90 Å². The van der Waals surface area contributed by atoms with Gasteiger partial charge in [0.25, 0.3) is 0 Å². The normalized spacial score (nSPS) is 16.5. The fourth-order valence-electron chi connectivity index (χ4n) is 7.82. The third-order valence-electron chi connectivity index (χ3n) is 10.2. The summed E-state index contributed by atoms with van der Waals surface area (Å²) in [7, 11) is 0. The van der Waals surface area contributed by atoms with Crippen molar-refractivity contribution in [1.82, 2.24) is 0 Å². The molecule has 0 saturated heterocycles. The molecule has 0 N–H and O–H groups in total. The van der Waals surface area contributed by atoms with Gasteiger partial charge in [-0.25, -0.2) is 0 Å². The molecule has 1 aliphatic carbocycles. The molecule has 0 bridgehead atoms. The van der Waals surface area contributed by atoms with Crippen molar-refractivity contribution in [3.8, 4) is 33.8 Å². The van der Waals surface area contributed by atoms with E-state index in [9.17, 15) is 0 Å². The molecule has 0 fully saturated rings. The Morgan fingerprint density at radius 3 is 1.76 bits per heavy atom. The first-order valence-corrected chi connectivity index (χ1v) is 17.8. The standard InChI is InChI=1S/C49H41NO/c1-3-32-49(41-20-12-6-13-21-41)35-36(2)45-30-29-43(34-46(45)49)50(42-27-24-39(25-28-42)37-16-8-4-9-17-37)47-31-26-40(38-18-10-5-11-19-38)33-48(47)51-44-22-14-7-15-23-44/h3-34,36H,35H2,1-2H3. The van der Waals surface area contributed by atoms with Crippen LogP contribution in [0.5, 0.6) is 11.5 Å². The third-order valence-corrected chi connectivity index (χ3v) is 10.2. The summed E-state index contributed by atoms with van der Waals surface area (Å²) in [6.45, 7) is 4.50. The molecule has 0 heterocycles. The number of benzene rings is 7. The van der Waals surface area contributed by atoms with Gasteiger partial charge in [0.1, 0.15) is 5.75 Å². The van der Waals surface area contributed by atoms with Crippen LogP contribution in [-0.4, -0.2) is 0 Å². The maximum atomic E-state index is 6.79. The largest absolute Gasteiger partial charge is 0.455 e. The van der Waals surface area contributed by atoms with Gasteiger partial charge in [-0.3, -0.25) is 0 Å². The van der Waals surface area contributed by atoms with E-state index in [0.29, 0.717) is 5.92 Å². The zero-order valence-corrected chi connectivity index (χ0v) is 29.1. The maximum Gasteiger partial charge on any atom is 0.152 e. The number of hydrogen-bond donors (Lipinski definition) is 0. The average molecular weight is 660 g/mol. The van der Waals surface area contributed by atoms with Gasteiger partial charge in [-0.15, -0.1) is 0 Å². The molecule has 7 aromatic carbocycles. The quantitative estimate of drug-likeness (QED) is 0.143. The Morgan fingerprint density at radius 1 is 0.569 bits per heavy atom. The molecule has 0 aromatic heterocycles. The number of fused-ring (bicyclic) bond motifs is 1. The van der Waals surface area contributed by atoms with E-state index in [0.717, 1.165) is 46.1 Å². The Bertz CT molecular complexity index is 2260. The van der Waals surface area contributed by atoms with Gasteiger partial charge in [-0.05, 0) is 107 Å². The molecule has 0 amide bonds. The second kappa shape index (κ2) is 14.0. The highest BCUT2D eigenvalue weighted by atomic mass is 16.5. The molecule has 248 valence electrons.